The molecule has 0 amide bonds. The van der Waals surface area contributed by atoms with Gasteiger partial charge in [0.2, 0.25) is 0 Å². The summed E-state index contributed by atoms with van der Waals surface area (Å²) in [5, 5.41) is 33.6. The highest BCUT2D eigenvalue weighted by Gasteiger charge is 2.28. The van der Waals surface area contributed by atoms with Crippen LogP contribution in [0.1, 0.15) is 66.8 Å². The van der Waals surface area contributed by atoms with Crippen LogP contribution in [0.2, 0.25) is 0 Å². The maximum atomic E-state index is 11.6. The molecule has 49 heavy (non-hydrogen) atoms. The Morgan fingerprint density at radius 3 is 2.10 bits per heavy atom. The van der Waals surface area contributed by atoms with Gasteiger partial charge in [0.1, 0.15) is 17.3 Å². The molecule has 0 saturated heterocycles. The Kier molecular flexibility index (Phi) is 9.89. The zero-order chi connectivity index (χ0) is 34.5. The van der Waals surface area contributed by atoms with Crippen LogP contribution >= 0.6 is 0 Å². The molecule has 0 fully saturated rings. The summed E-state index contributed by atoms with van der Waals surface area (Å²) in [5.74, 6) is 1.93. The van der Waals surface area contributed by atoms with E-state index in [0.29, 0.717) is 0 Å². The van der Waals surface area contributed by atoms with Crippen LogP contribution in [0, 0.1) is 20.2 Å². The monoisotopic (exact) mass is 657 g/mol. The quantitative estimate of drug-likeness (QED) is 0.112. The van der Waals surface area contributed by atoms with Gasteiger partial charge in [-0.3, -0.25) is 20.2 Å². The van der Waals surface area contributed by atoms with Crippen molar-refractivity contribution in [2.24, 2.45) is 0 Å². The summed E-state index contributed by atoms with van der Waals surface area (Å²) in [4.78, 5) is 23.5. The van der Waals surface area contributed by atoms with Crippen molar-refractivity contribution in [2.75, 3.05) is 18.0 Å². The average molecular weight is 658 g/mol. The average Bonchev–Trinajstić information content (AvgIpc) is 3.11. The predicted octanol–water partition coefficient (Wildman–Crippen LogP) is 9.44. The first-order valence-electron chi connectivity index (χ1n) is 16.7. The number of likely N-dealkylation sites (N-methyl/N-ethyl adjacent to an activating group) is 1. The van der Waals surface area contributed by atoms with E-state index < -0.39 is 0 Å². The highest BCUT2D eigenvalue weighted by molar-refractivity contribution is 5.93. The summed E-state index contributed by atoms with van der Waals surface area (Å²) in [5.41, 5.74) is 7.82. The van der Waals surface area contributed by atoms with E-state index in [1.807, 2.05) is 36.4 Å². The molecular formula is C40H39N3O6. The molecular weight excluding hydrogens is 618 g/mol. The van der Waals surface area contributed by atoms with Crippen LogP contribution in [0.15, 0.2) is 114 Å². The summed E-state index contributed by atoms with van der Waals surface area (Å²) in [7, 11) is 0. The molecule has 9 nitrogen and oxygen atoms in total. The number of non-ortho nitro benzene ring substituents is 2. The lowest BCUT2D eigenvalue weighted by molar-refractivity contribution is -0.385. The van der Waals surface area contributed by atoms with Crippen molar-refractivity contribution >= 4 is 22.6 Å². The number of nitrogens with zero attached hydrogens (tertiary/aromatic N) is 3. The van der Waals surface area contributed by atoms with E-state index >= 15 is 0 Å². The van der Waals surface area contributed by atoms with Gasteiger partial charge in [0, 0.05) is 71.4 Å². The van der Waals surface area contributed by atoms with Gasteiger partial charge in [0.15, 0.2) is 0 Å². The first-order chi connectivity index (χ1) is 23.7. The Labute approximate surface area is 285 Å². The second-order valence-corrected chi connectivity index (χ2v) is 12.4. The molecule has 1 aliphatic carbocycles. The molecule has 250 valence electrons. The number of anilines is 1. The number of phenols is 1. The van der Waals surface area contributed by atoms with E-state index in [0.717, 1.165) is 101 Å². The van der Waals surface area contributed by atoms with Gasteiger partial charge in [-0.1, -0.05) is 55.5 Å². The molecule has 4 aromatic rings. The summed E-state index contributed by atoms with van der Waals surface area (Å²) < 4.78 is 6.48. The smallest absolute Gasteiger partial charge is 0.269 e. The maximum absolute atomic E-state index is 11.6. The van der Waals surface area contributed by atoms with E-state index in [4.69, 9.17) is 4.74 Å². The number of aryl methyl sites for hydroxylation is 1. The van der Waals surface area contributed by atoms with Gasteiger partial charge in [0.25, 0.3) is 11.4 Å². The van der Waals surface area contributed by atoms with Crippen molar-refractivity contribution in [2.45, 2.75) is 51.9 Å². The fourth-order valence-electron chi connectivity index (χ4n) is 6.67. The highest BCUT2D eigenvalue weighted by Crippen LogP contribution is 2.47. The molecule has 6 rings (SSSR count). The molecule has 2 aliphatic rings. The zero-order valence-corrected chi connectivity index (χ0v) is 27.7. The van der Waals surface area contributed by atoms with Crippen molar-refractivity contribution < 1.29 is 19.7 Å². The van der Waals surface area contributed by atoms with Crippen molar-refractivity contribution in [3.63, 3.8) is 0 Å². The maximum Gasteiger partial charge on any atom is 0.269 e. The first-order valence-corrected chi connectivity index (χ1v) is 16.7. The summed E-state index contributed by atoms with van der Waals surface area (Å²) in [6.07, 6.45) is 10.3. The van der Waals surface area contributed by atoms with E-state index in [9.17, 15) is 25.3 Å². The van der Waals surface area contributed by atoms with Crippen LogP contribution in [-0.2, 0) is 12.8 Å². The number of aromatic hydroxyl groups is 1. The summed E-state index contributed by atoms with van der Waals surface area (Å²) in [6.45, 7) is 5.74. The van der Waals surface area contributed by atoms with Crippen LogP contribution in [0.5, 0.6) is 11.5 Å². The van der Waals surface area contributed by atoms with E-state index in [-0.39, 0.29) is 32.9 Å². The number of allylic oxidation sites excluding steroid dienone is 3. The van der Waals surface area contributed by atoms with Crippen LogP contribution in [0.3, 0.4) is 0 Å². The number of rotatable bonds is 13. The minimum Gasteiger partial charge on any atom is -0.507 e. The molecule has 0 spiro atoms. The van der Waals surface area contributed by atoms with E-state index in [2.05, 4.69) is 61.2 Å². The molecule has 1 heterocycles. The fraction of sp³-hybridized carbons (Fsp3) is 0.250. The number of nitro benzene ring substituents is 2. The number of benzene rings is 4. The van der Waals surface area contributed by atoms with Crippen molar-refractivity contribution in [3.05, 3.63) is 163 Å². The van der Waals surface area contributed by atoms with Gasteiger partial charge >= 0.3 is 0 Å². The number of hydrogen-bond acceptors (Lipinski definition) is 7. The highest BCUT2D eigenvalue weighted by atomic mass is 16.6. The lowest BCUT2D eigenvalue weighted by Crippen LogP contribution is -2.25. The van der Waals surface area contributed by atoms with Gasteiger partial charge < -0.3 is 14.7 Å². The Balaban J connectivity index is 1.24. The van der Waals surface area contributed by atoms with Crippen LogP contribution in [0.25, 0.3) is 5.57 Å². The van der Waals surface area contributed by atoms with Gasteiger partial charge in [-0.15, -0.1) is 0 Å². The normalized spacial score (nSPS) is 14.0. The molecule has 1 unspecified atom stereocenters. The molecule has 9 heteroatoms. The second-order valence-electron chi connectivity index (χ2n) is 12.4. The third-order valence-electron chi connectivity index (χ3n) is 9.46. The largest absolute Gasteiger partial charge is 0.507 e. The van der Waals surface area contributed by atoms with Crippen molar-refractivity contribution in [1.82, 2.24) is 0 Å². The fourth-order valence-corrected chi connectivity index (χ4v) is 6.67. The first kappa shape index (κ1) is 33.2. The van der Waals surface area contributed by atoms with Gasteiger partial charge in [-0.2, -0.15) is 0 Å². The van der Waals surface area contributed by atoms with Crippen LogP contribution in [-0.4, -0.2) is 28.0 Å². The van der Waals surface area contributed by atoms with Crippen LogP contribution in [0.4, 0.5) is 17.1 Å². The topological polar surface area (TPSA) is 119 Å². The number of fused-ring (bicyclic) bond motifs is 2. The summed E-state index contributed by atoms with van der Waals surface area (Å²) >= 11 is 0. The zero-order valence-electron chi connectivity index (χ0n) is 27.7. The lowest BCUT2D eigenvalue weighted by Gasteiger charge is -2.29. The molecule has 0 radical (unpaired) electrons. The number of hydrogen-bond donors (Lipinski definition) is 1. The van der Waals surface area contributed by atoms with Crippen LogP contribution < -0.4 is 9.64 Å². The van der Waals surface area contributed by atoms with E-state index in [1.54, 1.807) is 24.3 Å². The van der Waals surface area contributed by atoms with E-state index in [1.165, 1.54) is 0 Å². The van der Waals surface area contributed by atoms with Crippen molar-refractivity contribution in [3.8, 4) is 11.5 Å². The van der Waals surface area contributed by atoms with Gasteiger partial charge in [-0.25, -0.2) is 0 Å². The minimum absolute atomic E-state index is 0.0866. The third-order valence-corrected chi connectivity index (χ3v) is 9.46. The number of nitro groups is 2. The molecule has 1 atom stereocenters. The Hall–Kier alpha value is -5.70. The Morgan fingerprint density at radius 1 is 0.837 bits per heavy atom. The van der Waals surface area contributed by atoms with Gasteiger partial charge in [0.05, 0.1) is 9.85 Å². The number of phenolic OH excluding ortho intramolecular Hbond substituents is 1. The Morgan fingerprint density at radius 2 is 1.49 bits per heavy atom. The SMILES string of the molecule is CCC(CCc1ccc([N+](=O)[O-])cc1)c1ccc(C2=C3C=CCC=C3Oc3cc(N(CC)CCc4ccc([N+](=O)[O-])cc4)ccc32)c(O)c1. The number of ether oxygens (including phenoxy) is 1. The molecule has 0 bridgehead atoms. The van der Waals surface area contributed by atoms with Crippen molar-refractivity contribution in [1.29, 1.82) is 0 Å². The molecule has 1 aliphatic heterocycles. The lowest BCUT2D eigenvalue weighted by atomic mass is 9.84. The minimum atomic E-state index is -0.385. The van der Waals surface area contributed by atoms with Gasteiger partial charge in [-0.05, 0) is 85.9 Å². The predicted molar refractivity (Wildman–Crippen MR) is 192 cm³/mol. The summed E-state index contributed by atoms with van der Waals surface area (Å²) in [6, 6.07) is 25.6. The molecule has 0 aromatic heterocycles. The Bertz CT molecular complexity index is 1960. The molecule has 1 N–H and O–H groups in total. The second kappa shape index (κ2) is 14.6. The molecule has 4 aromatic carbocycles. The third kappa shape index (κ3) is 7.26. The standard InChI is InChI=1S/C40H39N3O6/c1-3-29(14-9-27-10-16-31(17-11-27)42(45)46)30-15-21-34(37(44)25-30)40-35-7-5-6-8-38(35)49-39-26-33(20-22-36(39)40)41(4-2)24-23-28-12-18-32(19-13-28)43(47)48/h5,7-8,10-13,15-22,25-26,29,44H,3-4,6,9,14,23-24H2,1-2H3. The molecule has 0 saturated carbocycles.